The number of rotatable bonds is 3. The van der Waals surface area contributed by atoms with Crippen molar-refractivity contribution in [3.05, 3.63) is 0 Å². The summed E-state index contributed by atoms with van der Waals surface area (Å²) in [5.74, 6) is 2.55. The van der Waals surface area contributed by atoms with E-state index in [1.54, 1.807) is 6.92 Å². The third-order valence-corrected chi connectivity index (χ3v) is 9.46. The molecule has 8 atom stereocenters. The molecule has 0 radical (unpaired) electrons. The van der Waals surface area contributed by atoms with Gasteiger partial charge < -0.3 is 9.84 Å². The second-order valence-electron chi connectivity index (χ2n) is 10.6. The predicted molar refractivity (Wildman–Crippen MR) is 103 cm³/mol. The van der Waals surface area contributed by atoms with Gasteiger partial charge >= 0.3 is 11.9 Å². The highest BCUT2D eigenvalue weighted by Crippen LogP contribution is 2.67. The van der Waals surface area contributed by atoms with Crippen LogP contribution in [0.25, 0.3) is 0 Å². The van der Waals surface area contributed by atoms with Crippen molar-refractivity contribution in [1.82, 2.24) is 0 Å². The summed E-state index contributed by atoms with van der Waals surface area (Å²) < 4.78 is 5.75. The number of carbonyl (C=O) groups is 2. The molecule has 0 aromatic heterocycles. The van der Waals surface area contributed by atoms with Gasteiger partial charge in [-0.15, -0.1) is 0 Å². The third-order valence-electron chi connectivity index (χ3n) is 9.46. The SMILES string of the molecule is CC(=O)O[C@H]1CC[C@@H]2[C@H]3CC[C@H]4C[C@@H](CC(=O)O)CC[C@]4(C)[C@@H]3CC[C@]12C. The van der Waals surface area contributed by atoms with Gasteiger partial charge in [0.25, 0.3) is 0 Å². The number of hydrogen-bond acceptors (Lipinski definition) is 3. The van der Waals surface area contributed by atoms with Crippen molar-refractivity contribution in [3.8, 4) is 0 Å². The van der Waals surface area contributed by atoms with Crippen LogP contribution in [-0.4, -0.2) is 23.1 Å². The molecule has 27 heavy (non-hydrogen) atoms. The van der Waals surface area contributed by atoms with E-state index >= 15 is 0 Å². The molecule has 4 fully saturated rings. The van der Waals surface area contributed by atoms with Crippen LogP contribution >= 0.6 is 0 Å². The summed E-state index contributed by atoms with van der Waals surface area (Å²) in [6.07, 6.45) is 11.1. The van der Waals surface area contributed by atoms with Gasteiger partial charge in [-0.25, -0.2) is 0 Å². The van der Waals surface area contributed by atoms with Crippen LogP contribution in [0, 0.1) is 40.4 Å². The molecule has 4 nitrogen and oxygen atoms in total. The maximum absolute atomic E-state index is 11.6. The van der Waals surface area contributed by atoms with Crippen LogP contribution in [0.15, 0.2) is 0 Å². The molecular weight excluding hydrogens is 340 g/mol. The van der Waals surface area contributed by atoms with Gasteiger partial charge in [-0.05, 0) is 92.8 Å². The summed E-state index contributed by atoms with van der Waals surface area (Å²) in [7, 11) is 0. The van der Waals surface area contributed by atoms with E-state index in [9.17, 15) is 14.7 Å². The normalized spacial score (nSPS) is 48.9. The van der Waals surface area contributed by atoms with Crippen LogP contribution in [-0.2, 0) is 14.3 Å². The van der Waals surface area contributed by atoms with E-state index < -0.39 is 5.97 Å². The Morgan fingerprint density at radius 2 is 1.67 bits per heavy atom. The molecule has 0 heterocycles. The number of ether oxygens (including phenoxy) is 1. The van der Waals surface area contributed by atoms with Gasteiger partial charge in [-0.2, -0.15) is 0 Å². The fraction of sp³-hybridized carbons (Fsp3) is 0.913. The van der Waals surface area contributed by atoms with Crippen LogP contribution in [0.4, 0.5) is 0 Å². The van der Waals surface area contributed by atoms with E-state index in [0.29, 0.717) is 29.6 Å². The molecule has 0 unspecified atom stereocenters. The summed E-state index contributed by atoms with van der Waals surface area (Å²) in [6, 6.07) is 0. The lowest BCUT2D eigenvalue weighted by atomic mass is 9.44. The Bertz CT molecular complexity index is 615. The van der Waals surface area contributed by atoms with Crippen molar-refractivity contribution in [1.29, 1.82) is 0 Å². The molecule has 1 N–H and O–H groups in total. The Morgan fingerprint density at radius 3 is 2.37 bits per heavy atom. The first kappa shape index (κ1) is 19.3. The minimum atomic E-state index is -0.631. The van der Waals surface area contributed by atoms with E-state index in [1.165, 1.54) is 38.5 Å². The number of carbonyl (C=O) groups excluding carboxylic acids is 1. The Labute approximate surface area is 163 Å². The van der Waals surface area contributed by atoms with Gasteiger partial charge in [0, 0.05) is 18.8 Å². The van der Waals surface area contributed by atoms with Crippen molar-refractivity contribution in [3.63, 3.8) is 0 Å². The first-order valence-electron chi connectivity index (χ1n) is 11.1. The number of esters is 1. The van der Waals surface area contributed by atoms with Crippen molar-refractivity contribution < 1.29 is 19.4 Å². The van der Waals surface area contributed by atoms with Crippen LogP contribution < -0.4 is 0 Å². The molecule has 152 valence electrons. The number of aliphatic carboxylic acids is 1. The van der Waals surface area contributed by atoms with Crippen molar-refractivity contribution in [2.24, 2.45) is 40.4 Å². The lowest BCUT2D eigenvalue weighted by Gasteiger charge is -2.61. The number of fused-ring (bicyclic) bond motifs is 5. The Balaban J connectivity index is 1.51. The molecule has 4 aliphatic rings. The zero-order valence-electron chi connectivity index (χ0n) is 17.2. The van der Waals surface area contributed by atoms with Crippen LogP contribution in [0.2, 0.25) is 0 Å². The van der Waals surface area contributed by atoms with E-state index in [2.05, 4.69) is 13.8 Å². The highest BCUT2D eigenvalue weighted by Gasteiger charge is 2.61. The maximum atomic E-state index is 11.6. The minimum Gasteiger partial charge on any atom is -0.481 e. The average Bonchev–Trinajstić information content (AvgIpc) is 2.91. The predicted octanol–water partition coefficient (Wildman–Crippen LogP) is 5.05. The quantitative estimate of drug-likeness (QED) is 0.700. The summed E-state index contributed by atoms with van der Waals surface area (Å²) >= 11 is 0. The zero-order chi connectivity index (χ0) is 19.4. The van der Waals surface area contributed by atoms with Crippen LogP contribution in [0.3, 0.4) is 0 Å². The number of carboxylic acid groups (broad SMARTS) is 1. The number of hydrogen-bond donors (Lipinski definition) is 1. The summed E-state index contributed by atoms with van der Waals surface area (Å²) in [4.78, 5) is 22.7. The highest BCUT2D eigenvalue weighted by molar-refractivity contribution is 5.67. The Morgan fingerprint density at radius 1 is 0.963 bits per heavy atom. The van der Waals surface area contributed by atoms with Crippen molar-refractivity contribution in [2.45, 2.75) is 91.1 Å². The molecule has 4 aliphatic carbocycles. The first-order chi connectivity index (χ1) is 12.7. The maximum Gasteiger partial charge on any atom is 0.303 e. The van der Waals surface area contributed by atoms with E-state index in [-0.39, 0.29) is 17.5 Å². The molecule has 4 rings (SSSR count). The van der Waals surface area contributed by atoms with Crippen molar-refractivity contribution in [2.75, 3.05) is 0 Å². The molecule has 0 bridgehead atoms. The Hall–Kier alpha value is -1.06. The highest BCUT2D eigenvalue weighted by atomic mass is 16.5. The molecule has 4 heteroatoms. The van der Waals surface area contributed by atoms with E-state index in [0.717, 1.165) is 31.1 Å². The van der Waals surface area contributed by atoms with Crippen LogP contribution in [0.5, 0.6) is 0 Å². The third kappa shape index (κ3) is 3.11. The van der Waals surface area contributed by atoms with E-state index in [1.807, 2.05) is 0 Å². The second-order valence-corrected chi connectivity index (χ2v) is 10.6. The van der Waals surface area contributed by atoms with Gasteiger partial charge in [0.1, 0.15) is 6.10 Å². The van der Waals surface area contributed by atoms with Crippen LogP contribution in [0.1, 0.15) is 85.0 Å². The first-order valence-corrected chi connectivity index (χ1v) is 11.1. The lowest BCUT2D eigenvalue weighted by Crippen LogP contribution is -2.54. The summed E-state index contributed by atoms with van der Waals surface area (Å²) in [5, 5.41) is 9.20. The van der Waals surface area contributed by atoms with Gasteiger partial charge in [-0.3, -0.25) is 9.59 Å². The Kier molecular flexibility index (Phi) is 4.83. The molecule has 0 aromatic carbocycles. The number of carboxylic acids is 1. The average molecular weight is 377 g/mol. The zero-order valence-corrected chi connectivity index (χ0v) is 17.2. The van der Waals surface area contributed by atoms with Gasteiger partial charge in [0.15, 0.2) is 0 Å². The van der Waals surface area contributed by atoms with E-state index in [4.69, 9.17) is 4.74 Å². The molecule has 0 aromatic rings. The molecule has 0 saturated heterocycles. The standard InChI is InChI=1S/C23H36O4/c1-14(24)27-20-7-6-18-17-5-4-16-12-15(13-21(25)26)8-10-22(16,2)19(17)9-11-23(18,20)3/h15-20H,4-13H2,1-3H3,(H,25,26)/t15-,16-,17+,18+,19+,20-,22-,23-/m0/s1. The topological polar surface area (TPSA) is 63.6 Å². The smallest absolute Gasteiger partial charge is 0.303 e. The monoisotopic (exact) mass is 376 g/mol. The minimum absolute atomic E-state index is 0.109. The van der Waals surface area contributed by atoms with Gasteiger partial charge in [-0.1, -0.05) is 13.8 Å². The molecule has 0 aliphatic heterocycles. The molecular formula is C23H36O4. The molecule has 0 spiro atoms. The van der Waals surface area contributed by atoms with Crippen molar-refractivity contribution >= 4 is 11.9 Å². The summed E-state index contributed by atoms with van der Waals surface area (Å²) in [6.45, 7) is 6.45. The van der Waals surface area contributed by atoms with Gasteiger partial charge in [0.2, 0.25) is 0 Å². The molecule has 0 amide bonds. The van der Waals surface area contributed by atoms with Gasteiger partial charge in [0.05, 0.1) is 0 Å². The lowest BCUT2D eigenvalue weighted by molar-refractivity contribution is -0.162. The fourth-order valence-electron chi connectivity index (χ4n) is 8.13. The molecule has 4 saturated carbocycles. The second kappa shape index (κ2) is 6.77. The fourth-order valence-corrected chi connectivity index (χ4v) is 8.13. The summed E-state index contributed by atoms with van der Waals surface area (Å²) in [5.41, 5.74) is 0.551. The largest absolute Gasteiger partial charge is 0.481 e.